The molecule has 5 nitrogen and oxygen atoms in total. The number of benzene rings is 1. The van der Waals surface area contributed by atoms with Crippen LogP contribution in [0.2, 0.25) is 5.02 Å². The van der Waals surface area contributed by atoms with Crippen molar-refractivity contribution in [1.82, 2.24) is 10.2 Å². The number of hydrogen-bond donors (Lipinski definition) is 2. The molecule has 6 heteroatoms. The molecule has 0 saturated carbocycles. The summed E-state index contributed by atoms with van der Waals surface area (Å²) in [6.07, 6.45) is 1.30. The predicted octanol–water partition coefficient (Wildman–Crippen LogP) is 2.78. The maximum absolute atomic E-state index is 11.5. The molecule has 2 aromatic rings. The Hall–Kier alpha value is -1.82. The van der Waals surface area contributed by atoms with Gasteiger partial charge < -0.3 is 14.8 Å². The minimum absolute atomic E-state index is 0.225. The van der Waals surface area contributed by atoms with E-state index in [1.807, 2.05) is 30.3 Å². The zero-order chi connectivity index (χ0) is 17.2. The van der Waals surface area contributed by atoms with E-state index in [0.717, 1.165) is 24.4 Å². The molecule has 1 aliphatic heterocycles. The van der Waals surface area contributed by atoms with Gasteiger partial charge in [0.15, 0.2) is 5.76 Å². The number of amides is 1. The van der Waals surface area contributed by atoms with Crippen molar-refractivity contribution < 1.29 is 14.3 Å². The van der Waals surface area contributed by atoms with E-state index < -0.39 is 5.60 Å². The van der Waals surface area contributed by atoms with Crippen LogP contribution in [0, 0.1) is 0 Å². The molecule has 1 fully saturated rings. The third kappa shape index (κ3) is 3.64. The van der Waals surface area contributed by atoms with Gasteiger partial charge in [0, 0.05) is 25.2 Å². The van der Waals surface area contributed by atoms with Crippen LogP contribution in [0.4, 0.5) is 0 Å². The molecule has 1 aromatic carbocycles. The van der Waals surface area contributed by atoms with Crippen molar-refractivity contribution in [3.05, 3.63) is 58.5 Å². The highest BCUT2D eigenvalue weighted by Gasteiger charge is 2.34. The highest BCUT2D eigenvalue weighted by atomic mass is 35.5. The average Bonchev–Trinajstić information content (AvgIpc) is 3.05. The molecule has 0 spiro atoms. The molecule has 0 aliphatic carbocycles. The number of hydrogen-bond acceptors (Lipinski definition) is 4. The molecule has 1 amide bonds. The van der Waals surface area contributed by atoms with Gasteiger partial charge >= 0.3 is 0 Å². The second kappa shape index (κ2) is 6.97. The van der Waals surface area contributed by atoms with Gasteiger partial charge in [0.1, 0.15) is 5.76 Å². The minimum atomic E-state index is -0.808. The van der Waals surface area contributed by atoms with Crippen LogP contribution in [0.3, 0.4) is 0 Å². The lowest BCUT2D eigenvalue weighted by molar-refractivity contribution is -0.0289. The smallest absolute Gasteiger partial charge is 0.286 e. The first-order valence-electron chi connectivity index (χ1n) is 8.02. The monoisotopic (exact) mass is 348 g/mol. The van der Waals surface area contributed by atoms with E-state index in [1.54, 1.807) is 13.1 Å². The maximum Gasteiger partial charge on any atom is 0.286 e. The lowest BCUT2D eigenvalue weighted by Gasteiger charge is -2.38. The molecular weight excluding hydrogens is 328 g/mol. The number of carbonyl (C=O) groups is 1. The van der Waals surface area contributed by atoms with Crippen molar-refractivity contribution in [2.75, 3.05) is 20.1 Å². The molecule has 0 bridgehead atoms. The summed E-state index contributed by atoms with van der Waals surface area (Å²) in [4.78, 5) is 13.7. The lowest BCUT2D eigenvalue weighted by Crippen LogP contribution is -2.42. The summed E-state index contributed by atoms with van der Waals surface area (Å²) in [6, 6.07) is 10.9. The van der Waals surface area contributed by atoms with Gasteiger partial charge in [0.2, 0.25) is 0 Å². The normalized spacial score (nSPS) is 17.6. The third-order valence-electron chi connectivity index (χ3n) is 4.56. The summed E-state index contributed by atoms with van der Waals surface area (Å²) in [5.74, 6) is 0.852. The van der Waals surface area contributed by atoms with Crippen LogP contribution in [0.15, 0.2) is 40.8 Å². The quantitative estimate of drug-likeness (QED) is 0.891. The Morgan fingerprint density at radius 2 is 1.92 bits per heavy atom. The van der Waals surface area contributed by atoms with Crippen LogP contribution < -0.4 is 5.32 Å². The maximum atomic E-state index is 11.5. The molecule has 1 aromatic heterocycles. The van der Waals surface area contributed by atoms with Crippen LogP contribution >= 0.6 is 11.6 Å². The average molecular weight is 349 g/mol. The number of piperidine rings is 1. The van der Waals surface area contributed by atoms with Gasteiger partial charge in [-0.2, -0.15) is 0 Å². The van der Waals surface area contributed by atoms with Crippen molar-refractivity contribution in [2.24, 2.45) is 0 Å². The van der Waals surface area contributed by atoms with Gasteiger partial charge in [-0.05, 0) is 42.7 Å². The highest BCUT2D eigenvalue weighted by molar-refractivity contribution is 6.30. The topological polar surface area (TPSA) is 65.7 Å². The third-order valence-corrected chi connectivity index (χ3v) is 4.81. The van der Waals surface area contributed by atoms with E-state index in [4.69, 9.17) is 16.0 Å². The Labute approximate surface area is 146 Å². The fourth-order valence-corrected chi connectivity index (χ4v) is 3.18. The Morgan fingerprint density at radius 1 is 1.25 bits per heavy atom. The van der Waals surface area contributed by atoms with E-state index in [2.05, 4.69) is 10.2 Å². The fourth-order valence-electron chi connectivity index (χ4n) is 3.06. The van der Waals surface area contributed by atoms with Crippen molar-refractivity contribution >= 4 is 17.5 Å². The summed E-state index contributed by atoms with van der Waals surface area (Å²) >= 11 is 5.92. The number of carbonyl (C=O) groups excluding carboxylic acids is 1. The van der Waals surface area contributed by atoms with E-state index in [9.17, 15) is 9.90 Å². The molecule has 24 heavy (non-hydrogen) atoms. The summed E-state index contributed by atoms with van der Waals surface area (Å²) in [5.41, 5.74) is 0.101. The van der Waals surface area contributed by atoms with E-state index in [0.29, 0.717) is 30.2 Å². The number of nitrogens with zero attached hydrogens (tertiary/aromatic N) is 1. The Kier molecular flexibility index (Phi) is 4.94. The van der Waals surface area contributed by atoms with Gasteiger partial charge in [-0.15, -0.1) is 0 Å². The summed E-state index contributed by atoms with van der Waals surface area (Å²) < 4.78 is 5.56. The van der Waals surface area contributed by atoms with Crippen LogP contribution in [0.25, 0.3) is 0 Å². The number of rotatable bonds is 4. The van der Waals surface area contributed by atoms with E-state index >= 15 is 0 Å². The molecular formula is C18H21ClN2O3. The zero-order valence-electron chi connectivity index (χ0n) is 13.6. The fraction of sp³-hybridized carbons (Fsp3) is 0.389. The van der Waals surface area contributed by atoms with Crippen LogP contribution in [0.5, 0.6) is 0 Å². The molecule has 0 radical (unpaired) electrons. The number of furan rings is 1. The molecule has 1 aliphatic rings. The molecule has 0 unspecified atom stereocenters. The van der Waals surface area contributed by atoms with Gasteiger partial charge in [-0.25, -0.2) is 0 Å². The van der Waals surface area contributed by atoms with Crippen molar-refractivity contribution in [2.45, 2.75) is 25.0 Å². The Balaban J connectivity index is 1.59. The van der Waals surface area contributed by atoms with Crippen molar-refractivity contribution in [1.29, 1.82) is 0 Å². The molecule has 2 N–H and O–H groups in total. The molecule has 128 valence electrons. The number of nitrogens with one attached hydrogen (secondary N) is 1. The summed E-state index contributed by atoms with van der Waals surface area (Å²) in [7, 11) is 1.58. The van der Waals surface area contributed by atoms with Gasteiger partial charge in [-0.1, -0.05) is 23.7 Å². The first-order chi connectivity index (χ1) is 11.5. The van der Waals surface area contributed by atoms with Gasteiger partial charge in [0.05, 0.1) is 12.1 Å². The largest absolute Gasteiger partial charge is 0.455 e. The highest BCUT2D eigenvalue weighted by Crippen LogP contribution is 2.33. The van der Waals surface area contributed by atoms with Crippen LogP contribution in [0.1, 0.15) is 34.7 Å². The van der Waals surface area contributed by atoms with Crippen LogP contribution in [-0.4, -0.2) is 36.1 Å². The number of aliphatic hydroxyl groups is 1. The van der Waals surface area contributed by atoms with Gasteiger partial charge in [0.25, 0.3) is 5.91 Å². The number of likely N-dealkylation sites (tertiary alicyclic amines) is 1. The SMILES string of the molecule is CNC(=O)c1ccc(CN2CCC(O)(c3ccc(Cl)cc3)CC2)o1. The minimum Gasteiger partial charge on any atom is -0.455 e. The summed E-state index contributed by atoms with van der Waals surface area (Å²) in [5, 5.41) is 14.1. The predicted molar refractivity (Wildman–Crippen MR) is 92.0 cm³/mol. The standard InChI is InChI=1S/C18H21ClN2O3/c1-20-17(22)16-7-6-15(24-16)12-21-10-8-18(23,9-11-21)13-2-4-14(19)5-3-13/h2-7,23H,8-12H2,1H3,(H,20,22). The van der Waals surface area contributed by atoms with E-state index in [1.165, 1.54) is 0 Å². The molecule has 3 rings (SSSR count). The molecule has 2 heterocycles. The van der Waals surface area contributed by atoms with Crippen LogP contribution in [-0.2, 0) is 12.1 Å². The second-order valence-electron chi connectivity index (χ2n) is 6.16. The van der Waals surface area contributed by atoms with Crippen molar-refractivity contribution in [3.63, 3.8) is 0 Å². The summed E-state index contributed by atoms with van der Waals surface area (Å²) in [6.45, 7) is 2.15. The van der Waals surface area contributed by atoms with Gasteiger partial charge in [-0.3, -0.25) is 9.69 Å². The first-order valence-corrected chi connectivity index (χ1v) is 8.39. The Bertz CT molecular complexity index is 703. The van der Waals surface area contributed by atoms with E-state index in [-0.39, 0.29) is 5.91 Å². The number of halogens is 1. The first kappa shape index (κ1) is 17.0. The second-order valence-corrected chi connectivity index (χ2v) is 6.60. The Morgan fingerprint density at radius 3 is 2.54 bits per heavy atom. The zero-order valence-corrected chi connectivity index (χ0v) is 14.3. The van der Waals surface area contributed by atoms with Crippen molar-refractivity contribution in [3.8, 4) is 0 Å². The lowest BCUT2D eigenvalue weighted by atomic mass is 9.84. The molecule has 1 saturated heterocycles. The molecule has 0 atom stereocenters.